The van der Waals surface area contributed by atoms with Gasteiger partial charge in [0.1, 0.15) is 18.7 Å². The first-order chi connectivity index (χ1) is 15.6. The van der Waals surface area contributed by atoms with Crippen molar-refractivity contribution in [3.05, 3.63) is 72.4 Å². The van der Waals surface area contributed by atoms with Gasteiger partial charge in [0.25, 0.3) is 0 Å². The zero-order valence-electron chi connectivity index (χ0n) is 18.4. The zero-order valence-corrected chi connectivity index (χ0v) is 18.4. The summed E-state index contributed by atoms with van der Waals surface area (Å²) in [6.07, 6.45) is 4.97. The Kier molecular flexibility index (Phi) is 6.39. The standard InChI is InChI=1S/C24H27N5O3/c1-4-32-22-10-9-17(11-23(22)31-3)19(20-13-26-21-8-6-5-7-18(20)21)12-27-24(30)16(2)29-15-25-14-28-29/h5-11,13-16,19,26H,4,12H2,1-3H3,(H,27,30). The Bertz CT molecular complexity index is 1190. The number of aromatic nitrogens is 4. The van der Waals surface area contributed by atoms with Gasteiger partial charge < -0.3 is 19.8 Å². The Labute approximate surface area is 186 Å². The minimum absolute atomic E-state index is 0.0948. The van der Waals surface area contributed by atoms with Gasteiger partial charge >= 0.3 is 0 Å². The molecule has 0 spiro atoms. The fourth-order valence-electron chi connectivity index (χ4n) is 3.85. The molecule has 32 heavy (non-hydrogen) atoms. The number of rotatable bonds is 9. The number of hydrogen-bond donors (Lipinski definition) is 2. The Balaban J connectivity index is 1.67. The van der Waals surface area contributed by atoms with E-state index in [1.165, 1.54) is 11.0 Å². The van der Waals surface area contributed by atoms with Crippen molar-refractivity contribution in [2.75, 3.05) is 20.3 Å². The van der Waals surface area contributed by atoms with Crippen molar-refractivity contribution in [3.8, 4) is 11.5 Å². The van der Waals surface area contributed by atoms with E-state index in [1.807, 2.05) is 49.5 Å². The quantitative estimate of drug-likeness (QED) is 0.420. The molecular weight excluding hydrogens is 406 g/mol. The molecule has 2 atom stereocenters. The highest BCUT2D eigenvalue weighted by Crippen LogP contribution is 2.35. The van der Waals surface area contributed by atoms with Gasteiger partial charge in [-0.3, -0.25) is 4.79 Å². The molecule has 0 bridgehead atoms. The number of fused-ring (bicyclic) bond motifs is 1. The van der Waals surface area contributed by atoms with E-state index in [9.17, 15) is 4.79 Å². The van der Waals surface area contributed by atoms with Crippen molar-refractivity contribution in [2.45, 2.75) is 25.8 Å². The number of amides is 1. The Morgan fingerprint density at radius 1 is 1.22 bits per heavy atom. The molecule has 2 unspecified atom stereocenters. The Morgan fingerprint density at radius 2 is 2.06 bits per heavy atom. The van der Waals surface area contributed by atoms with Gasteiger partial charge in [0, 0.05) is 29.6 Å². The summed E-state index contributed by atoms with van der Waals surface area (Å²) in [7, 11) is 1.63. The molecule has 4 aromatic rings. The van der Waals surface area contributed by atoms with Crippen molar-refractivity contribution in [1.82, 2.24) is 25.1 Å². The van der Waals surface area contributed by atoms with E-state index in [0.29, 0.717) is 24.7 Å². The fraction of sp³-hybridized carbons (Fsp3) is 0.292. The van der Waals surface area contributed by atoms with Crippen LogP contribution < -0.4 is 14.8 Å². The van der Waals surface area contributed by atoms with Gasteiger partial charge in [-0.25, -0.2) is 9.67 Å². The Hall–Kier alpha value is -3.81. The molecule has 0 saturated heterocycles. The second-order valence-electron chi connectivity index (χ2n) is 7.48. The SMILES string of the molecule is CCOc1ccc(C(CNC(=O)C(C)n2cncn2)c2c[nH]c3ccccc23)cc1OC. The number of ether oxygens (including phenoxy) is 2. The summed E-state index contributed by atoms with van der Waals surface area (Å²) < 4.78 is 12.8. The van der Waals surface area contributed by atoms with E-state index in [-0.39, 0.29) is 11.8 Å². The summed E-state index contributed by atoms with van der Waals surface area (Å²) in [5, 5.41) is 8.27. The van der Waals surface area contributed by atoms with E-state index in [2.05, 4.69) is 26.4 Å². The highest BCUT2D eigenvalue weighted by Gasteiger charge is 2.23. The van der Waals surface area contributed by atoms with Gasteiger partial charge in [-0.05, 0) is 43.2 Å². The predicted molar refractivity (Wildman–Crippen MR) is 122 cm³/mol. The van der Waals surface area contributed by atoms with Gasteiger partial charge in [-0.2, -0.15) is 5.10 Å². The molecule has 0 saturated carbocycles. The lowest BCUT2D eigenvalue weighted by Gasteiger charge is -2.21. The molecular formula is C24H27N5O3. The number of hydrogen-bond acceptors (Lipinski definition) is 5. The second kappa shape index (κ2) is 9.55. The van der Waals surface area contributed by atoms with Gasteiger partial charge in [-0.1, -0.05) is 24.3 Å². The first kappa shape index (κ1) is 21.4. The number of nitrogens with zero attached hydrogens (tertiary/aromatic N) is 3. The lowest BCUT2D eigenvalue weighted by molar-refractivity contribution is -0.124. The number of H-pyrrole nitrogens is 1. The van der Waals surface area contributed by atoms with Crippen LogP contribution in [0.15, 0.2) is 61.3 Å². The third-order valence-electron chi connectivity index (χ3n) is 5.58. The van der Waals surface area contributed by atoms with Crippen molar-refractivity contribution in [1.29, 1.82) is 0 Å². The van der Waals surface area contributed by atoms with Crippen LogP contribution in [0, 0.1) is 0 Å². The zero-order chi connectivity index (χ0) is 22.5. The van der Waals surface area contributed by atoms with Crippen LogP contribution in [0.25, 0.3) is 10.9 Å². The molecule has 2 N–H and O–H groups in total. The highest BCUT2D eigenvalue weighted by molar-refractivity contribution is 5.84. The lowest BCUT2D eigenvalue weighted by Crippen LogP contribution is -2.34. The summed E-state index contributed by atoms with van der Waals surface area (Å²) in [5.74, 6) is 1.14. The van der Waals surface area contributed by atoms with Crippen LogP contribution in [-0.4, -0.2) is 45.9 Å². The van der Waals surface area contributed by atoms with Gasteiger partial charge in [0.2, 0.25) is 5.91 Å². The molecule has 1 amide bonds. The first-order valence-corrected chi connectivity index (χ1v) is 10.6. The largest absolute Gasteiger partial charge is 0.493 e. The minimum atomic E-state index is -0.462. The summed E-state index contributed by atoms with van der Waals surface area (Å²) in [4.78, 5) is 20.1. The van der Waals surface area contributed by atoms with E-state index in [0.717, 1.165) is 22.0 Å². The van der Waals surface area contributed by atoms with Crippen LogP contribution in [-0.2, 0) is 4.79 Å². The van der Waals surface area contributed by atoms with E-state index in [4.69, 9.17) is 9.47 Å². The first-order valence-electron chi connectivity index (χ1n) is 10.6. The third-order valence-corrected chi connectivity index (χ3v) is 5.58. The number of methoxy groups -OCH3 is 1. The van der Waals surface area contributed by atoms with E-state index < -0.39 is 6.04 Å². The van der Waals surface area contributed by atoms with Crippen molar-refractivity contribution in [2.24, 2.45) is 0 Å². The fourth-order valence-corrected chi connectivity index (χ4v) is 3.85. The normalized spacial score (nSPS) is 13.0. The molecule has 0 aliphatic rings. The topological polar surface area (TPSA) is 94.1 Å². The number of carbonyl (C=O) groups excluding carboxylic acids is 1. The minimum Gasteiger partial charge on any atom is -0.493 e. The highest BCUT2D eigenvalue weighted by atomic mass is 16.5. The summed E-state index contributed by atoms with van der Waals surface area (Å²) >= 11 is 0. The molecule has 0 fully saturated rings. The van der Waals surface area contributed by atoms with E-state index in [1.54, 1.807) is 20.4 Å². The molecule has 2 aromatic heterocycles. The number of para-hydroxylation sites is 1. The Morgan fingerprint density at radius 3 is 2.81 bits per heavy atom. The van der Waals surface area contributed by atoms with Crippen molar-refractivity contribution < 1.29 is 14.3 Å². The second-order valence-corrected chi connectivity index (χ2v) is 7.48. The molecule has 4 rings (SSSR count). The maximum Gasteiger partial charge on any atom is 0.244 e. The number of carbonyl (C=O) groups is 1. The van der Waals surface area contributed by atoms with Crippen molar-refractivity contribution in [3.63, 3.8) is 0 Å². The average Bonchev–Trinajstić information content (AvgIpc) is 3.50. The summed E-state index contributed by atoms with van der Waals surface area (Å²) in [6.45, 7) is 4.70. The lowest BCUT2D eigenvalue weighted by atomic mass is 9.90. The van der Waals surface area contributed by atoms with E-state index >= 15 is 0 Å². The number of benzene rings is 2. The molecule has 0 radical (unpaired) electrons. The molecule has 8 nitrogen and oxygen atoms in total. The average molecular weight is 434 g/mol. The number of aromatic amines is 1. The smallest absolute Gasteiger partial charge is 0.244 e. The molecule has 166 valence electrons. The third kappa shape index (κ3) is 4.30. The molecule has 2 heterocycles. The molecule has 8 heteroatoms. The predicted octanol–water partition coefficient (Wildman–Crippen LogP) is 3.68. The van der Waals surface area contributed by atoms with Crippen molar-refractivity contribution >= 4 is 16.8 Å². The van der Waals surface area contributed by atoms with Crippen LogP contribution >= 0.6 is 0 Å². The van der Waals surface area contributed by atoms with Crippen LogP contribution in [0.4, 0.5) is 0 Å². The molecule has 0 aliphatic carbocycles. The maximum absolute atomic E-state index is 12.8. The summed E-state index contributed by atoms with van der Waals surface area (Å²) in [5.41, 5.74) is 3.16. The number of nitrogens with one attached hydrogen (secondary N) is 2. The molecule has 0 aliphatic heterocycles. The summed E-state index contributed by atoms with van der Waals surface area (Å²) in [6, 6.07) is 13.6. The maximum atomic E-state index is 12.8. The van der Waals surface area contributed by atoms with Gasteiger partial charge in [0.15, 0.2) is 11.5 Å². The van der Waals surface area contributed by atoms with Crippen LogP contribution in [0.1, 0.15) is 36.9 Å². The van der Waals surface area contributed by atoms with Gasteiger partial charge in [0.05, 0.1) is 13.7 Å². The molecule has 2 aromatic carbocycles. The van der Waals surface area contributed by atoms with Gasteiger partial charge in [-0.15, -0.1) is 0 Å². The van der Waals surface area contributed by atoms with Crippen LogP contribution in [0.2, 0.25) is 0 Å². The van der Waals surface area contributed by atoms with Crippen LogP contribution in [0.5, 0.6) is 11.5 Å². The van der Waals surface area contributed by atoms with Crippen LogP contribution in [0.3, 0.4) is 0 Å². The monoisotopic (exact) mass is 433 g/mol.